The predicted octanol–water partition coefficient (Wildman–Crippen LogP) is 2.54. The lowest BCUT2D eigenvalue weighted by Gasteiger charge is -2.15. The Morgan fingerprint density at radius 1 is 1.45 bits per heavy atom. The Kier molecular flexibility index (Phi) is 3.33. The fourth-order valence-corrected chi connectivity index (χ4v) is 2.19. The third-order valence-electron chi connectivity index (χ3n) is 2.95. The number of rotatable bonds is 3. The second kappa shape index (κ2) is 4.69. The quantitative estimate of drug-likeness (QED) is 0.911. The van der Waals surface area contributed by atoms with Gasteiger partial charge in [-0.25, -0.2) is 9.59 Å². The Balaban J connectivity index is 2.61. The summed E-state index contributed by atoms with van der Waals surface area (Å²) in [5.41, 5.74) is -0.742. The van der Waals surface area contributed by atoms with Crippen LogP contribution in [-0.2, 0) is 0 Å². The van der Waals surface area contributed by atoms with Crippen molar-refractivity contribution in [1.82, 2.24) is 9.55 Å². The molecule has 108 valence electrons. The molecule has 0 radical (unpaired) electrons. The summed E-state index contributed by atoms with van der Waals surface area (Å²) in [7, 11) is 0. The molecule has 0 saturated heterocycles. The first-order valence-corrected chi connectivity index (χ1v) is 5.74. The lowest BCUT2D eigenvalue weighted by molar-refractivity contribution is -0.141. The van der Waals surface area contributed by atoms with Crippen LogP contribution in [0.3, 0.4) is 0 Å². The van der Waals surface area contributed by atoms with Crippen molar-refractivity contribution in [2.24, 2.45) is 0 Å². The summed E-state index contributed by atoms with van der Waals surface area (Å²) in [5.74, 6) is -1.26. The zero-order chi connectivity index (χ0) is 15.1. The average Bonchev–Trinajstić information content (AvgIpc) is 2.61. The molecule has 1 unspecified atom stereocenters. The number of H-pyrrole nitrogens is 1. The first kappa shape index (κ1) is 14.2. The number of alkyl halides is 3. The van der Waals surface area contributed by atoms with Crippen LogP contribution in [0.15, 0.2) is 23.0 Å². The summed E-state index contributed by atoms with van der Waals surface area (Å²) < 4.78 is 38.2. The molecule has 2 rings (SSSR count). The number of carboxylic acids is 1. The second-order valence-electron chi connectivity index (χ2n) is 4.47. The van der Waals surface area contributed by atoms with Crippen LogP contribution in [0.1, 0.15) is 29.7 Å². The molecule has 0 spiro atoms. The molecule has 0 aliphatic heterocycles. The van der Waals surface area contributed by atoms with Gasteiger partial charge in [-0.2, -0.15) is 13.2 Å². The van der Waals surface area contributed by atoms with Crippen LogP contribution in [0.2, 0.25) is 0 Å². The largest absolute Gasteiger partial charge is 0.478 e. The van der Waals surface area contributed by atoms with Gasteiger partial charge in [-0.1, -0.05) is 6.07 Å². The zero-order valence-corrected chi connectivity index (χ0v) is 10.4. The molecule has 0 bridgehead atoms. The first-order valence-electron chi connectivity index (χ1n) is 5.74. The lowest BCUT2D eigenvalue weighted by atomic mass is 10.1. The number of nitrogens with one attached hydrogen (secondary N) is 1. The van der Waals surface area contributed by atoms with Gasteiger partial charge in [0.25, 0.3) is 0 Å². The molecule has 5 nitrogen and oxygen atoms in total. The SMILES string of the molecule is CC(CC(F)(F)F)n1c(=O)[nH]c2c(C(=O)O)cccc21. The fourth-order valence-electron chi connectivity index (χ4n) is 2.19. The molecule has 1 heterocycles. The summed E-state index contributed by atoms with van der Waals surface area (Å²) in [6.07, 6.45) is -5.58. The minimum absolute atomic E-state index is 0.0269. The second-order valence-corrected chi connectivity index (χ2v) is 4.47. The fraction of sp³-hybridized carbons (Fsp3) is 0.333. The van der Waals surface area contributed by atoms with Crippen LogP contribution in [0.4, 0.5) is 13.2 Å². The third kappa shape index (κ3) is 2.54. The van der Waals surface area contributed by atoms with E-state index in [2.05, 4.69) is 4.98 Å². The molecule has 0 aliphatic carbocycles. The molecule has 0 fully saturated rings. The van der Waals surface area contributed by atoms with E-state index in [1.807, 2.05) is 0 Å². The molecule has 0 aliphatic rings. The third-order valence-corrected chi connectivity index (χ3v) is 2.95. The number of halogens is 3. The van der Waals surface area contributed by atoms with Crippen LogP contribution in [0.25, 0.3) is 11.0 Å². The molecule has 1 atom stereocenters. The average molecular weight is 288 g/mol. The van der Waals surface area contributed by atoms with Crippen LogP contribution in [0.5, 0.6) is 0 Å². The Morgan fingerprint density at radius 2 is 2.10 bits per heavy atom. The number of carboxylic acid groups (broad SMARTS) is 1. The number of carbonyl (C=O) groups is 1. The van der Waals surface area contributed by atoms with Crippen LogP contribution in [-0.4, -0.2) is 26.8 Å². The van der Waals surface area contributed by atoms with E-state index in [0.29, 0.717) is 0 Å². The maximum atomic E-state index is 12.4. The molecule has 1 aromatic heterocycles. The van der Waals surface area contributed by atoms with Crippen molar-refractivity contribution in [3.05, 3.63) is 34.2 Å². The zero-order valence-electron chi connectivity index (χ0n) is 10.4. The highest BCUT2D eigenvalue weighted by molar-refractivity contribution is 6.00. The van der Waals surface area contributed by atoms with Crippen molar-refractivity contribution in [3.8, 4) is 0 Å². The van der Waals surface area contributed by atoms with Gasteiger partial charge in [-0.3, -0.25) is 4.57 Å². The number of para-hydroxylation sites is 1. The van der Waals surface area contributed by atoms with Crippen molar-refractivity contribution in [2.45, 2.75) is 25.6 Å². The van der Waals surface area contributed by atoms with Crippen molar-refractivity contribution in [2.75, 3.05) is 0 Å². The summed E-state index contributed by atoms with van der Waals surface area (Å²) in [5, 5.41) is 9.00. The summed E-state index contributed by atoms with van der Waals surface area (Å²) >= 11 is 0. The highest BCUT2D eigenvalue weighted by Crippen LogP contribution is 2.28. The number of aromatic amines is 1. The van der Waals surface area contributed by atoms with Crippen molar-refractivity contribution in [3.63, 3.8) is 0 Å². The van der Waals surface area contributed by atoms with E-state index in [0.717, 1.165) is 4.57 Å². The topological polar surface area (TPSA) is 75.1 Å². The minimum Gasteiger partial charge on any atom is -0.478 e. The number of hydrogen-bond acceptors (Lipinski definition) is 2. The number of aromatic nitrogens is 2. The lowest BCUT2D eigenvalue weighted by Crippen LogP contribution is -2.24. The van der Waals surface area contributed by atoms with E-state index >= 15 is 0 Å². The predicted molar refractivity (Wildman–Crippen MR) is 64.9 cm³/mol. The molecule has 0 saturated carbocycles. The van der Waals surface area contributed by atoms with E-state index in [1.165, 1.54) is 25.1 Å². The van der Waals surface area contributed by atoms with Gasteiger partial charge in [0.2, 0.25) is 0 Å². The maximum Gasteiger partial charge on any atom is 0.391 e. The maximum absolute atomic E-state index is 12.4. The van der Waals surface area contributed by atoms with E-state index in [1.54, 1.807) is 0 Å². The monoisotopic (exact) mass is 288 g/mol. The number of nitrogens with zero attached hydrogens (tertiary/aromatic N) is 1. The standard InChI is InChI=1S/C12H11F3N2O3/c1-6(5-12(13,14)15)17-8-4-2-3-7(10(18)19)9(8)16-11(17)20/h2-4,6H,5H2,1H3,(H,16,20)(H,18,19). The number of hydrogen-bond donors (Lipinski definition) is 2. The molecular weight excluding hydrogens is 277 g/mol. The molecular formula is C12H11F3N2O3. The molecule has 2 aromatic rings. The molecule has 2 N–H and O–H groups in total. The van der Waals surface area contributed by atoms with Crippen molar-refractivity contribution < 1.29 is 23.1 Å². The van der Waals surface area contributed by atoms with E-state index in [4.69, 9.17) is 5.11 Å². The van der Waals surface area contributed by atoms with Crippen molar-refractivity contribution in [1.29, 1.82) is 0 Å². The molecule has 1 aromatic carbocycles. The van der Waals surface area contributed by atoms with Crippen LogP contribution < -0.4 is 5.69 Å². The smallest absolute Gasteiger partial charge is 0.391 e. The number of imidazole rings is 1. The van der Waals surface area contributed by atoms with Crippen molar-refractivity contribution >= 4 is 17.0 Å². The van der Waals surface area contributed by atoms with E-state index in [-0.39, 0.29) is 16.6 Å². The van der Waals surface area contributed by atoms with Gasteiger partial charge < -0.3 is 10.1 Å². The Morgan fingerprint density at radius 3 is 2.65 bits per heavy atom. The Hall–Kier alpha value is -2.25. The molecule has 0 amide bonds. The van der Waals surface area contributed by atoms with Crippen LogP contribution >= 0.6 is 0 Å². The van der Waals surface area contributed by atoms with Gasteiger partial charge in [-0.05, 0) is 19.1 Å². The van der Waals surface area contributed by atoms with Gasteiger partial charge in [0.05, 0.1) is 23.0 Å². The number of benzene rings is 1. The van der Waals surface area contributed by atoms with Gasteiger partial charge >= 0.3 is 17.8 Å². The van der Waals surface area contributed by atoms with Gasteiger partial charge in [0.15, 0.2) is 0 Å². The summed E-state index contributed by atoms with van der Waals surface area (Å²) in [6.45, 7) is 1.26. The minimum atomic E-state index is -4.41. The highest BCUT2D eigenvalue weighted by atomic mass is 19.4. The summed E-state index contributed by atoms with van der Waals surface area (Å²) in [6, 6.07) is 2.95. The first-order chi connectivity index (χ1) is 9.20. The Labute approximate surface area is 110 Å². The molecule has 20 heavy (non-hydrogen) atoms. The molecule has 8 heteroatoms. The van der Waals surface area contributed by atoms with Crippen LogP contribution in [0, 0.1) is 0 Å². The summed E-state index contributed by atoms with van der Waals surface area (Å²) in [4.78, 5) is 25.1. The Bertz CT molecular complexity index is 715. The number of aromatic carboxylic acids is 1. The van der Waals surface area contributed by atoms with Gasteiger partial charge in [0, 0.05) is 6.04 Å². The number of fused-ring (bicyclic) bond motifs is 1. The van der Waals surface area contributed by atoms with E-state index in [9.17, 15) is 22.8 Å². The van der Waals surface area contributed by atoms with Gasteiger partial charge in [-0.15, -0.1) is 0 Å². The highest BCUT2D eigenvalue weighted by Gasteiger charge is 2.32. The normalized spacial score (nSPS) is 13.6. The van der Waals surface area contributed by atoms with E-state index < -0.39 is 30.3 Å². The van der Waals surface area contributed by atoms with Gasteiger partial charge in [0.1, 0.15) is 0 Å².